The lowest BCUT2D eigenvalue weighted by Crippen LogP contribution is -1.84. The molecule has 0 saturated heterocycles. The first-order chi connectivity index (χ1) is 6.27. The van der Waals surface area contributed by atoms with E-state index < -0.39 is 11.6 Å². The molecular formula is C9H5F2NO. The van der Waals surface area contributed by atoms with Gasteiger partial charge in [-0.1, -0.05) is 0 Å². The molecule has 0 spiro atoms. The molecule has 0 N–H and O–H groups in total. The summed E-state index contributed by atoms with van der Waals surface area (Å²) < 4.78 is 30.0. The molecule has 1 heterocycles. The molecule has 66 valence electrons. The van der Waals surface area contributed by atoms with Crippen molar-refractivity contribution in [2.45, 2.75) is 0 Å². The monoisotopic (exact) mass is 181 g/mol. The van der Waals surface area contributed by atoms with Gasteiger partial charge in [-0.2, -0.15) is 0 Å². The Balaban J connectivity index is 2.49. The zero-order valence-electron chi connectivity index (χ0n) is 6.50. The molecule has 0 bridgehead atoms. The summed E-state index contributed by atoms with van der Waals surface area (Å²) >= 11 is 0. The predicted octanol–water partition coefficient (Wildman–Crippen LogP) is 2.62. The lowest BCUT2D eigenvalue weighted by Gasteiger charge is -1.96. The molecule has 2 aromatic rings. The van der Waals surface area contributed by atoms with E-state index in [-0.39, 0.29) is 0 Å². The van der Waals surface area contributed by atoms with E-state index in [0.29, 0.717) is 11.3 Å². The minimum absolute atomic E-state index is 0.485. The van der Waals surface area contributed by atoms with Gasteiger partial charge in [0, 0.05) is 5.56 Å². The molecule has 0 unspecified atom stereocenters. The lowest BCUT2D eigenvalue weighted by atomic mass is 10.2. The van der Waals surface area contributed by atoms with E-state index in [1.54, 1.807) is 0 Å². The van der Waals surface area contributed by atoms with E-state index in [9.17, 15) is 8.78 Å². The summed E-state index contributed by atoms with van der Waals surface area (Å²) in [5, 5.41) is 0. The van der Waals surface area contributed by atoms with E-state index in [2.05, 4.69) is 4.98 Å². The summed E-state index contributed by atoms with van der Waals surface area (Å²) in [7, 11) is 0. The van der Waals surface area contributed by atoms with E-state index in [1.807, 2.05) is 0 Å². The minimum Gasteiger partial charge on any atom is -0.451 e. The first kappa shape index (κ1) is 7.91. The van der Waals surface area contributed by atoms with Crippen molar-refractivity contribution in [2.24, 2.45) is 0 Å². The Morgan fingerprint density at radius 1 is 1.15 bits per heavy atom. The highest BCUT2D eigenvalue weighted by atomic mass is 19.2. The fraction of sp³-hybridized carbons (Fsp3) is 0. The van der Waals surface area contributed by atoms with Crippen molar-refractivity contribution in [1.82, 2.24) is 4.98 Å². The van der Waals surface area contributed by atoms with Crippen LogP contribution in [-0.2, 0) is 0 Å². The zero-order valence-corrected chi connectivity index (χ0v) is 6.50. The second-order valence-electron chi connectivity index (χ2n) is 2.50. The molecule has 1 aromatic carbocycles. The molecule has 0 radical (unpaired) electrons. The quantitative estimate of drug-likeness (QED) is 0.675. The van der Waals surface area contributed by atoms with Crippen LogP contribution in [0.2, 0.25) is 0 Å². The Bertz CT molecular complexity index is 412. The van der Waals surface area contributed by atoms with E-state index in [4.69, 9.17) is 4.42 Å². The minimum atomic E-state index is -0.888. The second kappa shape index (κ2) is 2.97. The van der Waals surface area contributed by atoms with Gasteiger partial charge < -0.3 is 4.42 Å². The van der Waals surface area contributed by atoms with Crippen LogP contribution in [0.15, 0.2) is 35.3 Å². The van der Waals surface area contributed by atoms with Crippen molar-refractivity contribution in [3.8, 4) is 11.3 Å². The van der Waals surface area contributed by atoms with Crippen molar-refractivity contribution in [1.29, 1.82) is 0 Å². The first-order valence-corrected chi connectivity index (χ1v) is 3.61. The Morgan fingerprint density at radius 3 is 2.62 bits per heavy atom. The highest BCUT2D eigenvalue weighted by molar-refractivity contribution is 5.57. The van der Waals surface area contributed by atoms with Gasteiger partial charge in [-0.3, -0.25) is 0 Å². The third-order valence-corrected chi connectivity index (χ3v) is 1.65. The Kier molecular flexibility index (Phi) is 1.81. The summed E-state index contributed by atoms with van der Waals surface area (Å²) in [6, 6.07) is 3.57. The highest BCUT2D eigenvalue weighted by Crippen LogP contribution is 2.19. The summed E-state index contributed by atoms with van der Waals surface area (Å²) in [4.78, 5) is 3.80. The van der Waals surface area contributed by atoms with Gasteiger partial charge in [0.2, 0.25) is 0 Å². The topological polar surface area (TPSA) is 26.0 Å². The maximum atomic E-state index is 12.7. The maximum Gasteiger partial charge on any atom is 0.181 e. The maximum absolute atomic E-state index is 12.7. The van der Waals surface area contributed by atoms with Crippen LogP contribution in [-0.4, -0.2) is 4.98 Å². The summed E-state index contributed by atoms with van der Waals surface area (Å²) in [6.07, 6.45) is 2.60. The van der Waals surface area contributed by atoms with Crippen LogP contribution in [0.1, 0.15) is 0 Å². The molecule has 4 heteroatoms. The van der Waals surface area contributed by atoms with Crippen LogP contribution < -0.4 is 0 Å². The van der Waals surface area contributed by atoms with Crippen molar-refractivity contribution in [3.63, 3.8) is 0 Å². The Labute approximate surface area is 72.8 Å². The normalized spacial score (nSPS) is 10.3. The Morgan fingerprint density at radius 2 is 2.00 bits per heavy atom. The van der Waals surface area contributed by atoms with Gasteiger partial charge in [0.1, 0.15) is 12.0 Å². The van der Waals surface area contributed by atoms with Gasteiger partial charge in [-0.15, -0.1) is 0 Å². The fourth-order valence-electron chi connectivity index (χ4n) is 1.01. The van der Waals surface area contributed by atoms with Crippen molar-refractivity contribution < 1.29 is 13.2 Å². The molecular weight excluding hydrogens is 176 g/mol. The number of hydrogen-bond acceptors (Lipinski definition) is 2. The number of aromatic nitrogens is 1. The smallest absolute Gasteiger partial charge is 0.181 e. The third kappa shape index (κ3) is 1.42. The molecule has 2 nitrogen and oxygen atoms in total. The summed E-state index contributed by atoms with van der Waals surface area (Å²) in [5.74, 6) is -1.76. The van der Waals surface area contributed by atoms with Crippen LogP contribution in [0, 0.1) is 11.6 Å². The standard InChI is InChI=1S/C9H5F2NO/c10-7-2-1-6(3-8(7)11)9-4-13-5-12-9/h1-5H. The molecule has 1 aromatic heterocycles. The van der Waals surface area contributed by atoms with Crippen LogP contribution in [0.25, 0.3) is 11.3 Å². The van der Waals surface area contributed by atoms with Crippen molar-refractivity contribution in [2.75, 3.05) is 0 Å². The number of hydrogen-bond donors (Lipinski definition) is 0. The van der Waals surface area contributed by atoms with E-state index in [1.165, 1.54) is 18.7 Å². The molecule has 0 atom stereocenters. The van der Waals surface area contributed by atoms with Gasteiger partial charge >= 0.3 is 0 Å². The molecule has 0 aliphatic heterocycles. The SMILES string of the molecule is Fc1ccc(-c2cocn2)cc1F. The third-order valence-electron chi connectivity index (χ3n) is 1.65. The molecule has 13 heavy (non-hydrogen) atoms. The average molecular weight is 181 g/mol. The predicted molar refractivity (Wildman–Crippen MR) is 41.9 cm³/mol. The molecule has 0 amide bonds. The van der Waals surface area contributed by atoms with Gasteiger partial charge in [0.05, 0.1) is 0 Å². The summed E-state index contributed by atoms with van der Waals surface area (Å²) in [6.45, 7) is 0. The number of rotatable bonds is 1. The van der Waals surface area contributed by atoms with Gasteiger partial charge in [0.25, 0.3) is 0 Å². The Hall–Kier alpha value is -1.71. The first-order valence-electron chi connectivity index (χ1n) is 3.61. The largest absolute Gasteiger partial charge is 0.451 e. The van der Waals surface area contributed by atoms with Crippen LogP contribution in [0.5, 0.6) is 0 Å². The number of halogens is 2. The molecule has 0 aliphatic carbocycles. The van der Waals surface area contributed by atoms with Crippen LogP contribution in [0.4, 0.5) is 8.78 Å². The van der Waals surface area contributed by atoms with Crippen LogP contribution >= 0.6 is 0 Å². The van der Waals surface area contributed by atoms with Gasteiger partial charge in [0.15, 0.2) is 18.0 Å². The summed E-state index contributed by atoms with van der Waals surface area (Å²) in [5.41, 5.74) is 0.978. The zero-order chi connectivity index (χ0) is 9.26. The molecule has 2 rings (SSSR count). The van der Waals surface area contributed by atoms with E-state index in [0.717, 1.165) is 12.1 Å². The van der Waals surface area contributed by atoms with Crippen molar-refractivity contribution >= 4 is 0 Å². The second-order valence-corrected chi connectivity index (χ2v) is 2.50. The average Bonchev–Trinajstić information content (AvgIpc) is 2.62. The fourth-order valence-corrected chi connectivity index (χ4v) is 1.01. The van der Waals surface area contributed by atoms with Gasteiger partial charge in [-0.25, -0.2) is 13.8 Å². The number of nitrogens with zero attached hydrogens (tertiary/aromatic N) is 1. The van der Waals surface area contributed by atoms with E-state index >= 15 is 0 Å². The van der Waals surface area contributed by atoms with Gasteiger partial charge in [-0.05, 0) is 18.2 Å². The molecule has 0 fully saturated rings. The number of oxazole rings is 1. The lowest BCUT2D eigenvalue weighted by molar-refractivity contribution is 0.509. The molecule has 0 saturated carbocycles. The highest BCUT2D eigenvalue weighted by Gasteiger charge is 2.05. The van der Waals surface area contributed by atoms with Crippen molar-refractivity contribution in [3.05, 3.63) is 42.5 Å². The van der Waals surface area contributed by atoms with Crippen LogP contribution in [0.3, 0.4) is 0 Å². The number of benzene rings is 1. The molecule has 0 aliphatic rings.